The molecule has 0 atom stereocenters. The zero-order chi connectivity index (χ0) is 17.8. The highest BCUT2D eigenvalue weighted by molar-refractivity contribution is 6.01. The Morgan fingerprint density at radius 3 is 2.44 bits per heavy atom. The molecule has 0 saturated carbocycles. The quantitative estimate of drug-likeness (QED) is 0.709. The van der Waals surface area contributed by atoms with Crippen molar-refractivity contribution in [2.45, 2.75) is 13.8 Å². The van der Waals surface area contributed by atoms with Crippen molar-refractivity contribution in [3.05, 3.63) is 71.3 Å². The van der Waals surface area contributed by atoms with Gasteiger partial charge in [-0.05, 0) is 41.8 Å². The monoisotopic (exact) mass is 333 g/mol. The number of amides is 1. The van der Waals surface area contributed by atoms with Gasteiger partial charge in [-0.1, -0.05) is 48.5 Å². The lowest BCUT2D eigenvalue weighted by molar-refractivity contribution is -0.118. The summed E-state index contributed by atoms with van der Waals surface area (Å²) in [5, 5.41) is 4.64. The molecule has 0 saturated heterocycles. The minimum Gasteiger partial charge on any atom is -0.483 e. The third-order valence-corrected chi connectivity index (χ3v) is 4.15. The van der Waals surface area contributed by atoms with Gasteiger partial charge in [-0.2, -0.15) is 0 Å². The molecule has 0 aliphatic rings. The van der Waals surface area contributed by atoms with E-state index in [1.807, 2.05) is 62.4 Å². The maximum atomic E-state index is 12.2. The van der Waals surface area contributed by atoms with Crippen molar-refractivity contribution >= 4 is 28.7 Å². The van der Waals surface area contributed by atoms with Crippen LogP contribution in [0.2, 0.25) is 0 Å². The van der Waals surface area contributed by atoms with Crippen LogP contribution in [0.3, 0.4) is 0 Å². The maximum absolute atomic E-state index is 12.2. The minimum absolute atomic E-state index is 0.160. The normalized spacial score (nSPS) is 10.5. The smallest absolute Gasteiger partial charge is 0.262 e. The second-order valence-electron chi connectivity index (χ2n) is 5.92. The van der Waals surface area contributed by atoms with E-state index in [-0.39, 0.29) is 12.5 Å². The molecule has 25 heavy (non-hydrogen) atoms. The third-order valence-electron chi connectivity index (χ3n) is 4.15. The van der Waals surface area contributed by atoms with Crippen LogP contribution in [0, 0.1) is 13.8 Å². The van der Waals surface area contributed by atoms with Crippen LogP contribution in [0.1, 0.15) is 21.5 Å². The largest absolute Gasteiger partial charge is 0.483 e. The van der Waals surface area contributed by atoms with Crippen LogP contribution >= 0.6 is 0 Å². The number of fused-ring (bicyclic) bond motifs is 1. The van der Waals surface area contributed by atoms with E-state index in [2.05, 4.69) is 5.32 Å². The van der Waals surface area contributed by atoms with Gasteiger partial charge in [0.2, 0.25) is 0 Å². The summed E-state index contributed by atoms with van der Waals surface area (Å²) in [6, 6.07) is 17.0. The predicted octanol–water partition coefficient (Wildman–Crippen LogP) is 4.29. The van der Waals surface area contributed by atoms with Crippen molar-refractivity contribution in [3.63, 3.8) is 0 Å². The molecule has 126 valence electrons. The number of aryl methyl sites for hydroxylation is 2. The molecule has 0 aliphatic heterocycles. The van der Waals surface area contributed by atoms with E-state index in [1.165, 1.54) is 0 Å². The Morgan fingerprint density at radius 2 is 1.72 bits per heavy atom. The Kier molecular flexibility index (Phi) is 4.80. The van der Waals surface area contributed by atoms with Crippen molar-refractivity contribution < 1.29 is 14.3 Å². The molecule has 0 radical (unpaired) electrons. The molecule has 0 fully saturated rings. The average molecular weight is 333 g/mol. The molecule has 3 aromatic rings. The molecule has 1 amide bonds. The summed E-state index contributed by atoms with van der Waals surface area (Å²) in [6.45, 7) is 3.72. The highest BCUT2D eigenvalue weighted by Gasteiger charge is 2.11. The number of para-hydroxylation sites is 1. The van der Waals surface area contributed by atoms with Crippen LogP contribution in [0.4, 0.5) is 5.69 Å². The molecule has 0 unspecified atom stereocenters. The molecular formula is C21H19NO3. The number of ether oxygens (including phenoxy) is 1. The van der Waals surface area contributed by atoms with E-state index in [0.29, 0.717) is 11.3 Å². The van der Waals surface area contributed by atoms with Crippen LogP contribution in [0.25, 0.3) is 10.8 Å². The lowest BCUT2D eigenvalue weighted by Gasteiger charge is -2.13. The van der Waals surface area contributed by atoms with E-state index < -0.39 is 0 Å². The summed E-state index contributed by atoms with van der Waals surface area (Å²) in [6.07, 6.45) is 0.765. The van der Waals surface area contributed by atoms with Gasteiger partial charge in [0.05, 0.1) is 5.56 Å². The van der Waals surface area contributed by atoms with E-state index in [4.69, 9.17) is 4.74 Å². The SMILES string of the molecule is Cc1cccc(C)c1NC(=O)COc1ccc2ccccc2c1C=O. The number of rotatable bonds is 5. The molecule has 3 rings (SSSR count). The van der Waals surface area contributed by atoms with E-state index in [0.717, 1.165) is 33.9 Å². The van der Waals surface area contributed by atoms with Crippen molar-refractivity contribution in [1.82, 2.24) is 0 Å². The Hall–Kier alpha value is -3.14. The molecule has 4 nitrogen and oxygen atoms in total. The van der Waals surface area contributed by atoms with E-state index >= 15 is 0 Å². The molecular weight excluding hydrogens is 314 g/mol. The fourth-order valence-electron chi connectivity index (χ4n) is 2.85. The molecule has 0 bridgehead atoms. The van der Waals surface area contributed by atoms with Crippen LogP contribution in [-0.2, 0) is 4.79 Å². The van der Waals surface area contributed by atoms with Gasteiger partial charge < -0.3 is 10.1 Å². The number of hydrogen-bond donors (Lipinski definition) is 1. The molecule has 0 heterocycles. The number of carbonyl (C=O) groups is 2. The standard InChI is InChI=1S/C21H19NO3/c1-14-6-5-7-15(2)21(14)22-20(24)13-25-19-11-10-16-8-3-4-9-17(16)18(19)12-23/h3-12H,13H2,1-2H3,(H,22,24). The van der Waals surface area contributed by atoms with E-state index in [1.54, 1.807) is 6.07 Å². The van der Waals surface area contributed by atoms with Crippen molar-refractivity contribution in [1.29, 1.82) is 0 Å². The second-order valence-corrected chi connectivity index (χ2v) is 5.92. The first kappa shape index (κ1) is 16.7. The molecule has 0 spiro atoms. The average Bonchev–Trinajstić information content (AvgIpc) is 2.62. The van der Waals surface area contributed by atoms with Crippen molar-refractivity contribution in [2.24, 2.45) is 0 Å². The second kappa shape index (κ2) is 7.18. The number of hydrogen-bond acceptors (Lipinski definition) is 3. The first-order valence-electron chi connectivity index (χ1n) is 8.06. The van der Waals surface area contributed by atoms with Crippen LogP contribution < -0.4 is 10.1 Å². The topological polar surface area (TPSA) is 55.4 Å². The Balaban J connectivity index is 1.76. The summed E-state index contributed by atoms with van der Waals surface area (Å²) < 4.78 is 5.61. The number of carbonyl (C=O) groups excluding carboxylic acids is 2. The lowest BCUT2D eigenvalue weighted by Crippen LogP contribution is -2.21. The summed E-state index contributed by atoms with van der Waals surface area (Å²) in [5.41, 5.74) is 3.24. The summed E-state index contributed by atoms with van der Waals surface area (Å²) in [5.74, 6) is 0.146. The first-order valence-corrected chi connectivity index (χ1v) is 8.06. The van der Waals surface area contributed by atoms with Gasteiger partial charge >= 0.3 is 0 Å². The molecule has 4 heteroatoms. The zero-order valence-electron chi connectivity index (χ0n) is 14.2. The van der Waals surface area contributed by atoms with E-state index in [9.17, 15) is 9.59 Å². The summed E-state index contributed by atoms with van der Waals surface area (Å²) in [7, 11) is 0. The molecule has 3 aromatic carbocycles. The van der Waals surface area contributed by atoms with Crippen LogP contribution in [-0.4, -0.2) is 18.8 Å². The lowest BCUT2D eigenvalue weighted by atomic mass is 10.0. The van der Waals surface area contributed by atoms with Gasteiger partial charge in [0.15, 0.2) is 12.9 Å². The fraction of sp³-hybridized carbons (Fsp3) is 0.143. The van der Waals surface area contributed by atoms with Gasteiger partial charge in [0.25, 0.3) is 5.91 Å². The predicted molar refractivity (Wildman–Crippen MR) is 99.4 cm³/mol. The van der Waals surface area contributed by atoms with Gasteiger partial charge in [0, 0.05) is 5.69 Å². The highest BCUT2D eigenvalue weighted by Crippen LogP contribution is 2.26. The summed E-state index contributed by atoms with van der Waals surface area (Å²) in [4.78, 5) is 23.7. The van der Waals surface area contributed by atoms with Gasteiger partial charge in [0.1, 0.15) is 5.75 Å². The Bertz CT molecular complexity index is 927. The summed E-state index contributed by atoms with van der Waals surface area (Å²) >= 11 is 0. The van der Waals surface area contributed by atoms with Gasteiger partial charge in [-0.15, -0.1) is 0 Å². The Labute approximate surface area is 146 Å². The van der Waals surface area contributed by atoms with Crippen molar-refractivity contribution in [3.8, 4) is 5.75 Å². The number of aldehydes is 1. The van der Waals surface area contributed by atoms with Crippen molar-refractivity contribution in [2.75, 3.05) is 11.9 Å². The highest BCUT2D eigenvalue weighted by atomic mass is 16.5. The minimum atomic E-state index is -0.262. The Morgan fingerprint density at radius 1 is 1.00 bits per heavy atom. The number of anilines is 1. The molecule has 0 aromatic heterocycles. The van der Waals surface area contributed by atoms with Crippen LogP contribution in [0.5, 0.6) is 5.75 Å². The fourth-order valence-corrected chi connectivity index (χ4v) is 2.85. The molecule has 0 aliphatic carbocycles. The number of nitrogens with one attached hydrogen (secondary N) is 1. The zero-order valence-corrected chi connectivity index (χ0v) is 14.2. The first-order chi connectivity index (χ1) is 12.1. The van der Waals surface area contributed by atoms with Gasteiger partial charge in [-0.25, -0.2) is 0 Å². The number of benzene rings is 3. The third kappa shape index (κ3) is 3.53. The van der Waals surface area contributed by atoms with Crippen LogP contribution in [0.15, 0.2) is 54.6 Å². The maximum Gasteiger partial charge on any atom is 0.262 e. The van der Waals surface area contributed by atoms with Gasteiger partial charge in [-0.3, -0.25) is 9.59 Å². The molecule has 1 N–H and O–H groups in total.